The number of carboxylic acid groups (broad SMARTS) is 1. The third kappa shape index (κ3) is 2.42. The number of fused-ring (bicyclic) bond motifs is 1. The van der Waals surface area contributed by atoms with Crippen molar-refractivity contribution in [3.63, 3.8) is 0 Å². The van der Waals surface area contributed by atoms with Gasteiger partial charge in [0, 0.05) is 25.5 Å². The largest absolute Gasteiger partial charge is 0.481 e. The molecule has 6 nitrogen and oxygen atoms in total. The van der Waals surface area contributed by atoms with E-state index in [4.69, 9.17) is 0 Å². The fourth-order valence-electron chi connectivity index (χ4n) is 3.11. The highest BCUT2D eigenvalue weighted by atomic mass is 16.4. The van der Waals surface area contributed by atoms with Gasteiger partial charge < -0.3 is 15.0 Å². The number of anilines is 1. The van der Waals surface area contributed by atoms with Gasteiger partial charge in [0.2, 0.25) is 0 Å². The van der Waals surface area contributed by atoms with Crippen LogP contribution in [0.25, 0.3) is 22.4 Å². The summed E-state index contributed by atoms with van der Waals surface area (Å²) in [5.74, 6) is -0.286. The molecule has 6 heteroatoms. The van der Waals surface area contributed by atoms with E-state index in [1.165, 1.54) is 0 Å². The number of pyridine rings is 1. The number of para-hydroxylation sites is 2. The second-order valence-electron chi connectivity index (χ2n) is 5.77. The first-order chi connectivity index (χ1) is 11.2. The number of hydrogen-bond acceptors (Lipinski definition) is 4. The molecule has 0 aliphatic carbocycles. The normalized spacial score (nSPS) is 17.7. The molecule has 0 amide bonds. The van der Waals surface area contributed by atoms with Gasteiger partial charge in [-0.15, -0.1) is 0 Å². The van der Waals surface area contributed by atoms with Crippen LogP contribution in [-0.4, -0.2) is 39.1 Å². The van der Waals surface area contributed by atoms with Gasteiger partial charge in [0.1, 0.15) is 5.82 Å². The molecule has 1 unspecified atom stereocenters. The minimum absolute atomic E-state index is 0.313. The fourth-order valence-corrected chi connectivity index (χ4v) is 3.11. The molecule has 1 aliphatic rings. The van der Waals surface area contributed by atoms with E-state index in [9.17, 15) is 9.90 Å². The summed E-state index contributed by atoms with van der Waals surface area (Å²) in [6.07, 6.45) is 4.17. The van der Waals surface area contributed by atoms with Gasteiger partial charge in [0.25, 0.3) is 0 Å². The van der Waals surface area contributed by atoms with E-state index in [1.54, 1.807) is 12.4 Å². The molecule has 1 aliphatic heterocycles. The molecule has 0 radical (unpaired) electrons. The van der Waals surface area contributed by atoms with E-state index in [0.29, 0.717) is 13.0 Å². The first-order valence-electron chi connectivity index (χ1n) is 7.59. The number of aromatic nitrogens is 3. The number of H-pyrrole nitrogens is 1. The summed E-state index contributed by atoms with van der Waals surface area (Å²) in [4.78, 5) is 25.5. The zero-order chi connectivity index (χ0) is 15.8. The summed E-state index contributed by atoms with van der Waals surface area (Å²) in [7, 11) is 0. The molecule has 0 spiro atoms. The molecule has 1 atom stereocenters. The Morgan fingerprint density at radius 3 is 2.96 bits per heavy atom. The van der Waals surface area contributed by atoms with Crippen molar-refractivity contribution in [3.8, 4) is 11.4 Å². The fraction of sp³-hybridized carbons (Fsp3) is 0.235. The van der Waals surface area contributed by atoms with Gasteiger partial charge in [-0.2, -0.15) is 0 Å². The number of imidazole rings is 1. The maximum Gasteiger partial charge on any atom is 0.308 e. The molecule has 1 aromatic carbocycles. The minimum atomic E-state index is -0.730. The number of carbonyl (C=O) groups is 1. The molecule has 2 N–H and O–H groups in total. The Kier molecular flexibility index (Phi) is 3.22. The van der Waals surface area contributed by atoms with Crippen molar-refractivity contribution in [2.24, 2.45) is 5.92 Å². The number of rotatable bonds is 3. The van der Waals surface area contributed by atoms with Crippen molar-refractivity contribution < 1.29 is 9.90 Å². The molecule has 2 aromatic heterocycles. The Balaban J connectivity index is 1.74. The van der Waals surface area contributed by atoms with Crippen LogP contribution in [0.2, 0.25) is 0 Å². The molecule has 3 aromatic rings. The van der Waals surface area contributed by atoms with E-state index in [1.807, 2.05) is 30.3 Å². The minimum Gasteiger partial charge on any atom is -0.481 e. The second kappa shape index (κ2) is 5.39. The van der Waals surface area contributed by atoms with Crippen LogP contribution in [0, 0.1) is 5.92 Å². The molecule has 4 rings (SSSR count). The first-order valence-corrected chi connectivity index (χ1v) is 7.59. The van der Waals surface area contributed by atoms with Crippen molar-refractivity contribution in [1.29, 1.82) is 0 Å². The molecule has 0 bridgehead atoms. The smallest absolute Gasteiger partial charge is 0.308 e. The van der Waals surface area contributed by atoms with Crippen LogP contribution in [0.15, 0.2) is 42.7 Å². The average molecular weight is 308 g/mol. The lowest BCUT2D eigenvalue weighted by Gasteiger charge is -2.20. The number of hydrogen-bond donors (Lipinski definition) is 2. The van der Waals surface area contributed by atoms with E-state index < -0.39 is 5.97 Å². The summed E-state index contributed by atoms with van der Waals surface area (Å²) in [6.45, 7) is 1.25. The zero-order valence-electron chi connectivity index (χ0n) is 12.4. The topological polar surface area (TPSA) is 82.1 Å². The summed E-state index contributed by atoms with van der Waals surface area (Å²) in [5, 5.41) is 9.20. The third-order valence-electron chi connectivity index (χ3n) is 4.32. The highest BCUT2D eigenvalue weighted by Gasteiger charge is 2.29. The number of carboxylic acids is 1. The Labute approximate surface area is 132 Å². The van der Waals surface area contributed by atoms with Crippen LogP contribution >= 0.6 is 0 Å². The van der Waals surface area contributed by atoms with Crippen molar-refractivity contribution in [3.05, 3.63) is 42.7 Å². The van der Waals surface area contributed by atoms with E-state index in [2.05, 4.69) is 19.9 Å². The Bertz CT molecular complexity index is 841. The molecule has 1 saturated heterocycles. The zero-order valence-corrected chi connectivity index (χ0v) is 12.4. The lowest BCUT2D eigenvalue weighted by molar-refractivity contribution is -0.140. The number of aromatic amines is 1. The van der Waals surface area contributed by atoms with Crippen LogP contribution in [0.1, 0.15) is 6.42 Å². The van der Waals surface area contributed by atoms with Crippen molar-refractivity contribution in [2.45, 2.75) is 6.42 Å². The van der Waals surface area contributed by atoms with Crippen molar-refractivity contribution in [2.75, 3.05) is 18.0 Å². The maximum absolute atomic E-state index is 11.2. The quantitative estimate of drug-likeness (QED) is 0.777. The monoisotopic (exact) mass is 308 g/mol. The van der Waals surface area contributed by atoms with E-state index in [-0.39, 0.29) is 5.92 Å². The number of nitrogens with zero attached hydrogens (tertiary/aromatic N) is 3. The molecule has 23 heavy (non-hydrogen) atoms. The van der Waals surface area contributed by atoms with Crippen molar-refractivity contribution in [1.82, 2.24) is 15.0 Å². The molecule has 3 heterocycles. The number of aliphatic carboxylic acids is 1. The van der Waals surface area contributed by atoms with Gasteiger partial charge in [0.05, 0.1) is 28.2 Å². The average Bonchev–Trinajstić information content (AvgIpc) is 3.22. The Hall–Kier alpha value is -2.89. The molecular formula is C17H16N4O2. The van der Waals surface area contributed by atoms with Gasteiger partial charge in [-0.1, -0.05) is 12.1 Å². The third-order valence-corrected chi connectivity index (χ3v) is 4.32. The van der Waals surface area contributed by atoms with Crippen molar-refractivity contribution >= 4 is 22.7 Å². The van der Waals surface area contributed by atoms with Gasteiger partial charge in [-0.3, -0.25) is 9.78 Å². The van der Waals surface area contributed by atoms with Gasteiger partial charge in [-0.25, -0.2) is 4.98 Å². The van der Waals surface area contributed by atoms with Gasteiger partial charge in [0.15, 0.2) is 0 Å². The molecule has 116 valence electrons. The first kappa shape index (κ1) is 13.8. The van der Waals surface area contributed by atoms with Gasteiger partial charge >= 0.3 is 5.97 Å². The molecule has 0 saturated carbocycles. The predicted octanol–water partition coefficient (Wildman–Crippen LogP) is 2.54. The summed E-state index contributed by atoms with van der Waals surface area (Å²) >= 11 is 0. The number of benzene rings is 1. The van der Waals surface area contributed by atoms with Crippen LogP contribution < -0.4 is 4.90 Å². The van der Waals surface area contributed by atoms with E-state index in [0.717, 1.165) is 34.7 Å². The van der Waals surface area contributed by atoms with Gasteiger partial charge in [-0.05, 0) is 24.6 Å². The molecule has 1 fully saturated rings. The number of nitrogens with one attached hydrogen (secondary N) is 1. The molecular weight excluding hydrogens is 292 g/mol. The van der Waals surface area contributed by atoms with Crippen LogP contribution in [-0.2, 0) is 4.79 Å². The Morgan fingerprint density at radius 2 is 2.17 bits per heavy atom. The van der Waals surface area contributed by atoms with Crippen LogP contribution in [0.4, 0.5) is 5.69 Å². The highest BCUT2D eigenvalue weighted by Crippen LogP contribution is 2.32. The maximum atomic E-state index is 11.2. The summed E-state index contributed by atoms with van der Waals surface area (Å²) in [5.41, 5.74) is 3.75. The van der Waals surface area contributed by atoms with Crippen LogP contribution in [0.5, 0.6) is 0 Å². The lowest BCUT2D eigenvalue weighted by atomic mass is 10.1. The summed E-state index contributed by atoms with van der Waals surface area (Å²) < 4.78 is 0. The highest BCUT2D eigenvalue weighted by molar-refractivity contribution is 5.83. The second-order valence-corrected chi connectivity index (χ2v) is 5.77. The SMILES string of the molecule is O=C(O)C1CCN(c2ccncc2-c2nc3ccccc3[nH]2)C1. The lowest BCUT2D eigenvalue weighted by Crippen LogP contribution is -2.23. The summed E-state index contributed by atoms with van der Waals surface area (Å²) in [6, 6.07) is 9.79. The standard InChI is InChI=1S/C17H16N4O2/c22-17(23)11-6-8-21(10-11)15-5-7-18-9-12(15)16-19-13-3-1-2-4-14(13)20-16/h1-5,7,9,11H,6,8,10H2,(H,19,20)(H,22,23). The Morgan fingerprint density at radius 1 is 1.30 bits per heavy atom. The van der Waals surface area contributed by atoms with E-state index >= 15 is 0 Å². The van der Waals surface area contributed by atoms with Crippen LogP contribution in [0.3, 0.4) is 0 Å². The predicted molar refractivity (Wildman–Crippen MR) is 87.3 cm³/mol.